The van der Waals surface area contributed by atoms with Gasteiger partial charge in [0.1, 0.15) is 5.75 Å². The van der Waals surface area contributed by atoms with Gasteiger partial charge in [-0.15, -0.1) is 0 Å². The summed E-state index contributed by atoms with van der Waals surface area (Å²) < 4.78 is 32.7. The molecule has 1 aliphatic heterocycles. The molecule has 2 rings (SSSR count). The van der Waals surface area contributed by atoms with Crippen LogP contribution < -0.4 is 14.8 Å². The molecule has 106 valence electrons. The Labute approximate surface area is 114 Å². The van der Waals surface area contributed by atoms with E-state index in [0.717, 1.165) is 18.5 Å². The van der Waals surface area contributed by atoms with Crippen molar-refractivity contribution in [3.63, 3.8) is 0 Å². The zero-order valence-corrected chi connectivity index (χ0v) is 12.3. The van der Waals surface area contributed by atoms with E-state index in [2.05, 4.69) is 10.0 Å². The highest BCUT2D eigenvalue weighted by atomic mass is 32.2. The van der Waals surface area contributed by atoms with Crippen LogP contribution in [0.3, 0.4) is 0 Å². The Hall–Kier alpha value is -1.11. The smallest absolute Gasteiger partial charge is 0.241 e. The van der Waals surface area contributed by atoms with Crippen molar-refractivity contribution in [1.29, 1.82) is 0 Å². The van der Waals surface area contributed by atoms with Crippen LogP contribution in [0.2, 0.25) is 0 Å². The van der Waals surface area contributed by atoms with Gasteiger partial charge in [0.25, 0.3) is 0 Å². The van der Waals surface area contributed by atoms with E-state index in [1.54, 1.807) is 26.2 Å². The molecule has 1 aliphatic rings. The number of methoxy groups -OCH3 is 1. The van der Waals surface area contributed by atoms with Gasteiger partial charge in [0.2, 0.25) is 10.0 Å². The van der Waals surface area contributed by atoms with Crippen molar-refractivity contribution < 1.29 is 13.2 Å². The fraction of sp³-hybridized carbons (Fsp3) is 0.538. The summed E-state index contributed by atoms with van der Waals surface area (Å²) in [5.41, 5.74) is 1.51. The zero-order chi connectivity index (χ0) is 14.0. The molecule has 1 atom stereocenters. The van der Waals surface area contributed by atoms with Gasteiger partial charge in [0, 0.05) is 12.6 Å². The van der Waals surface area contributed by atoms with Crippen molar-refractivity contribution in [3.8, 4) is 5.75 Å². The zero-order valence-electron chi connectivity index (χ0n) is 11.5. The van der Waals surface area contributed by atoms with Crippen LogP contribution in [-0.2, 0) is 10.0 Å². The van der Waals surface area contributed by atoms with Gasteiger partial charge >= 0.3 is 0 Å². The molecule has 0 radical (unpaired) electrons. The van der Waals surface area contributed by atoms with E-state index < -0.39 is 10.0 Å². The second-order valence-electron chi connectivity index (χ2n) is 4.90. The third-order valence-electron chi connectivity index (χ3n) is 3.36. The first-order valence-electron chi connectivity index (χ1n) is 6.32. The lowest BCUT2D eigenvalue weighted by Gasteiger charge is -2.15. The minimum Gasteiger partial charge on any atom is -0.496 e. The predicted octanol–water partition coefficient (Wildman–Crippen LogP) is 0.952. The van der Waals surface area contributed by atoms with E-state index in [4.69, 9.17) is 4.74 Å². The Morgan fingerprint density at radius 2 is 2.05 bits per heavy atom. The Morgan fingerprint density at radius 1 is 1.32 bits per heavy atom. The molecular weight excluding hydrogens is 264 g/mol. The van der Waals surface area contributed by atoms with E-state index in [1.165, 1.54) is 0 Å². The standard InChI is InChI=1S/C13H20N2O3S/c1-9-7-13(10(2)6-12(9)18-3)19(16,17)15-11-4-5-14-8-11/h6-7,11,14-15H,4-5,8H2,1-3H3. The van der Waals surface area contributed by atoms with E-state index >= 15 is 0 Å². The van der Waals surface area contributed by atoms with Crippen molar-refractivity contribution >= 4 is 10.0 Å². The van der Waals surface area contributed by atoms with E-state index in [-0.39, 0.29) is 6.04 Å². The van der Waals surface area contributed by atoms with Gasteiger partial charge in [-0.1, -0.05) is 0 Å². The fourth-order valence-corrected chi connectivity index (χ4v) is 3.89. The minimum absolute atomic E-state index is 0.0215. The number of hydrogen-bond acceptors (Lipinski definition) is 4. The SMILES string of the molecule is COc1cc(C)c(S(=O)(=O)NC2CCNC2)cc1C. The number of aryl methyl sites for hydroxylation is 2. The van der Waals surface area contributed by atoms with Crippen molar-refractivity contribution in [1.82, 2.24) is 10.0 Å². The maximum absolute atomic E-state index is 12.4. The van der Waals surface area contributed by atoms with Crippen molar-refractivity contribution in [2.75, 3.05) is 20.2 Å². The summed E-state index contributed by atoms with van der Waals surface area (Å²) in [6.07, 6.45) is 0.827. The average molecular weight is 284 g/mol. The minimum atomic E-state index is -3.47. The highest BCUT2D eigenvalue weighted by molar-refractivity contribution is 7.89. The lowest BCUT2D eigenvalue weighted by atomic mass is 10.1. The van der Waals surface area contributed by atoms with Gasteiger partial charge in [-0.25, -0.2) is 13.1 Å². The average Bonchev–Trinajstić information content (AvgIpc) is 2.83. The van der Waals surface area contributed by atoms with Crippen LogP contribution in [0.25, 0.3) is 0 Å². The van der Waals surface area contributed by atoms with Gasteiger partial charge in [-0.2, -0.15) is 0 Å². The molecule has 1 heterocycles. The third kappa shape index (κ3) is 3.08. The van der Waals surface area contributed by atoms with Crippen LogP contribution >= 0.6 is 0 Å². The third-order valence-corrected chi connectivity index (χ3v) is 5.03. The molecule has 6 heteroatoms. The quantitative estimate of drug-likeness (QED) is 0.864. The second-order valence-corrected chi connectivity index (χ2v) is 6.58. The summed E-state index contributed by atoms with van der Waals surface area (Å²) >= 11 is 0. The molecule has 0 amide bonds. The monoisotopic (exact) mass is 284 g/mol. The van der Waals surface area contributed by atoms with Crippen LogP contribution in [0.5, 0.6) is 5.75 Å². The van der Waals surface area contributed by atoms with Gasteiger partial charge in [-0.05, 0) is 50.1 Å². The normalized spacial score (nSPS) is 19.6. The number of nitrogens with one attached hydrogen (secondary N) is 2. The van der Waals surface area contributed by atoms with E-state index in [0.29, 0.717) is 22.8 Å². The summed E-state index contributed by atoms with van der Waals surface area (Å²) in [5.74, 6) is 0.707. The van der Waals surface area contributed by atoms with Crippen molar-refractivity contribution in [2.45, 2.75) is 31.2 Å². The molecular formula is C13H20N2O3S. The molecule has 1 saturated heterocycles. The summed E-state index contributed by atoms with van der Waals surface area (Å²) in [7, 11) is -1.89. The first kappa shape index (κ1) is 14.3. The Morgan fingerprint density at radius 3 is 2.63 bits per heavy atom. The van der Waals surface area contributed by atoms with Gasteiger partial charge < -0.3 is 10.1 Å². The largest absolute Gasteiger partial charge is 0.496 e. The summed E-state index contributed by atoms with van der Waals surface area (Å²) in [4.78, 5) is 0.331. The molecule has 19 heavy (non-hydrogen) atoms. The molecule has 0 aliphatic carbocycles. The summed E-state index contributed by atoms with van der Waals surface area (Å²) in [6.45, 7) is 5.17. The van der Waals surface area contributed by atoms with Gasteiger partial charge in [0.05, 0.1) is 12.0 Å². The molecule has 0 saturated carbocycles. The molecule has 1 aromatic carbocycles. The lowest BCUT2D eigenvalue weighted by molar-refractivity contribution is 0.411. The predicted molar refractivity (Wildman–Crippen MR) is 74.1 cm³/mol. The Bertz CT molecular complexity index is 563. The highest BCUT2D eigenvalue weighted by Crippen LogP contribution is 2.25. The van der Waals surface area contributed by atoms with Crippen molar-refractivity contribution in [3.05, 3.63) is 23.3 Å². The Balaban J connectivity index is 2.31. The second kappa shape index (κ2) is 5.48. The molecule has 1 fully saturated rings. The fourth-order valence-electron chi connectivity index (χ4n) is 2.31. The maximum Gasteiger partial charge on any atom is 0.241 e. The van der Waals surface area contributed by atoms with Crippen molar-refractivity contribution in [2.24, 2.45) is 0 Å². The molecule has 2 N–H and O–H groups in total. The van der Waals surface area contributed by atoms with Crippen LogP contribution in [-0.4, -0.2) is 34.7 Å². The molecule has 0 spiro atoms. The molecule has 1 aromatic rings. The topological polar surface area (TPSA) is 67.4 Å². The molecule has 1 unspecified atom stereocenters. The number of hydrogen-bond donors (Lipinski definition) is 2. The first-order valence-corrected chi connectivity index (χ1v) is 7.80. The van der Waals surface area contributed by atoms with Gasteiger partial charge in [0.15, 0.2) is 0 Å². The number of ether oxygens (including phenoxy) is 1. The number of benzene rings is 1. The lowest BCUT2D eigenvalue weighted by Crippen LogP contribution is -2.36. The highest BCUT2D eigenvalue weighted by Gasteiger charge is 2.24. The molecule has 0 aromatic heterocycles. The van der Waals surface area contributed by atoms with Gasteiger partial charge in [-0.3, -0.25) is 0 Å². The van der Waals surface area contributed by atoms with Crippen LogP contribution in [0.1, 0.15) is 17.5 Å². The molecule has 0 bridgehead atoms. The number of sulfonamides is 1. The maximum atomic E-state index is 12.4. The summed E-state index contributed by atoms with van der Waals surface area (Å²) in [5, 5.41) is 3.14. The first-order chi connectivity index (χ1) is 8.94. The molecule has 5 nitrogen and oxygen atoms in total. The van der Waals surface area contributed by atoms with E-state index in [1.807, 2.05) is 6.92 Å². The Kier molecular flexibility index (Phi) is 4.13. The van der Waals surface area contributed by atoms with E-state index in [9.17, 15) is 8.42 Å². The van der Waals surface area contributed by atoms with Crippen LogP contribution in [0.4, 0.5) is 0 Å². The van der Waals surface area contributed by atoms with Crippen LogP contribution in [0.15, 0.2) is 17.0 Å². The number of rotatable bonds is 4. The van der Waals surface area contributed by atoms with Crippen LogP contribution in [0, 0.1) is 13.8 Å². The summed E-state index contributed by atoms with van der Waals surface area (Å²) in [6, 6.07) is 3.40.